The molecule has 0 fully saturated rings. The van der Waals surface area contributed by atoms with Gasteiger partial charge in [0.15, 0.2) is 0 Å². The van der Waals surface area contributed by atoms with E-state index in [0.29, 0.717) is 0 Å². The topological polar surface area (TPSA) is 37.5 Å². The molecule has 3 nitrogen and oxygen atoms in total. The van der Waals surface area contributed by atoms with Crippen LogP contribution in [0.25, 0.3) is 16.9 Å². The van der Waals surface area contributed by atoms with Gasteiger partial charge in [0.05, 0.1) is 17.5 Å². The van der Waals surface area contributed by atoms with E-state index < -0.39 is 6.10 Å². The van der Waals surface area contributed by atoms with Gasteiger partial charge >= 0.3 is 0 Å². The molecule has 0 aliphatic rings. The van der Waals surface area contributed by atoms with E-state index >= 15 is 0 Å². The van der Waals surface area contributed by atoms with Crippen molar-refractivity contribution in [2.24, 2.45) is 0 Å². The van der Waals surface area contributed by atoms with Crippen LogP contribution in [0.2, 0.25) is 0 Å². The first-order valence-electron chi connectivity index (χ1n) is 7.36. The van der Waals surface area contributed by atoms with Crippen molar-refractivity contribution in [3.05, 3.63) is 59.4 Å². The Hall–Kier alpha value is -2.13. The van der Waals surface area contributed by atoms with E-state index in [4.69, 9.17) is 4.98 Å². The Morgan fingerprint density at radius 3 is 2.52 bits per heavy atom. The number of imidazole rings is 1. The van der Waals surface area contributed by atoms with Crippen LogP contribution in [0.4, 0.5) is 0 Å². The molecule has 0 radical (unpaired) electrons. The fraction of sp³-hybridized carbons (Fsp3) is 0.278. The van der Waals surface area contributed by atoms with E-state index in [1.165, 1.54) is 5.56 Å². The Bertz CT molecular complexity index is 770. The number of pyridine rings is 1. The molecular weight excluding hydrogens is 260 g/mol. The molecule has 3 heteroatoms. The Balaban J connectivity index is 2.25. The maximum Gasteiger partial charge on any atom is 0.140 e. The highest BCUT2D eigenvalue weighted by Crippen LogP contribution is 2.30. The second kappa shape index (κ2) is 5.34. The summed E-state index contributed by atoms with van der Waals surface area (Å²) >= 11 is 0. The van der Waals surface area contributed by atoms with Gasteiger partial charge in [0, 0.05) is 11.8 Å². The molecule has 0 spiro atoms. The number of aromatic nitrogens is 2. The van der Waals surface area contributed by atoms with E-state index in [9.17, 15) is 5.11 Å². The molecule has 108 valence electrons. The molecule has 0 bridgehead atoms. The summed E-state index contributed by atoms with van der Waals surface area (Å²) in [5.41, 5.74) is 6.07. The number of hydrogen-bond donors (Lipinski definition) is 1. The molecular formula is C18H20N2O. The molecule has 0 aliphatic carbocycles. The van der Waals surface area contributed by atoms with Gasteiger partial charge < -0.3 is 9.51 Å². The smallest absolute Gasteiger partial charge is 0.140 e. The molecule has 2 heterocycles. The molecule has 1 N–H and O–H groups in total. The quantitative estimate of drug-likeness (QED) is 0.789. The summed E-state index contributed by atoms with van der Waals surface area (Å²) in [5, 5.41) is 10.2. The maximum absolute atomic E-state index is 10.2. The second-order valence-electron chi connectivity index (χ2n) is 5.46. The third-order valence-electron chi connectivity index (χ3n) is 3.91. The van der Waals surface area contributed by atoms with Gasteiger partial charge in [-0.25, -0.2) is 4.98 Å². The highest BCUT2D eigenvalue weighted by atomic mass is 16.3. The zero-order valence-electron chi connectivity index (χ0n) is 12.7. The molecule has 3 aromatic rings. The minimum Gasteiger partial charge on any atom is -0.387 e. The van der Waals surface area contributed by atoms with Crippen molar-refractivity contribution in [1.82, 2.24) is 9.38 Å². The third kappa shape index (κ3) is 2.34. The van der Waals surface area contributed by atoms with E-state index in [1.54, 1.807) is 6.92 Å². The van der Waals surface area contributed by atoms with Crippen LogP contribution in [0, 0.1) is 6.92 Å². The van der Waals surface area contributed by atoms with Crippen molar-refractivity contribution in [2.45, 2.75) is 33.3 Å². The van der Waals surface area contributed by atoms with Crippen molar-refractivity contribution >= 4 is 5.65 Å². The summed E-state index contributed by atoms with van der Waals surface area (Å²) < 4.78 is 1.99. The van der Waals surface area contributed by atoms with Crippen LogP contribution in [0.1, 0.15) is 36.8 Å². The first-order chi connectivity index (χ1) is 10.1. The Labute approximate surface area is 124 Å². The average molecular weight is 280 g/mol. The van der Waals surface area contributed by atoms with Crippen LogP contribution in [-0.4, -0.2) is 14.5 Å². The largest absolute Gasteiger partial charge is 0.387 e. The molecule has 0 saturated heterocycles. The van der Waals surface area contributed by atoms with Crippen molar-refractivity contribution < 1.29 is 5.11 Å². The third-order valence-corrected chi connectivity index (χ3v) is 3.91. The lowest BCUT2D eigenvalue weighted by molar-refractivity contribution is 0.194. The highest BCUT2D eigenvalue weighted by molar-refractivity contribution is 5.68. The molecule has 0 amide bonds. The van der Waals surface area contributed by atoms with Crippen LogP contribution in [0.15, 0.2) is 42.6 Å². The number of rotatable bonds is 3. The van der Waals surface area contributed by atoms with E-state index in [2.05, 4.69) is 31.2 Å². The van der Waals surface area contributed by atoms with E-state index in [1.807, 2.05) is 29.7 Å². The van der Waals surface area contributed by atoms with Crippen molar-refractivity contribution in [3.63, 3.8) is 0 Å². The van der Waals surface area contributed by atoms with Gasteiger partial charge in [-0.3, -0.25) is 0 Å². The number of benzene rings is 1. The summed E-state index contributed by atoms with van der Waals surface area (Å²) in [6.07, 6.45) is 2.41. The molecule has 0 aliphatic heterocycles. The number of aliphatic hydroxyl groups excluding tert-OH is 1. The van der Waals surface area contributed by atoms with Crippen LogP contribution >= 0.6 is 0 Å². The number of hydrogen-bond acceptors (Lipinski definition) is 2. The minimum atomic E-state index is -0.567. The van der Waals surface area contributed by atoms with Crippen molar-refractivity contribution in [3.8, 4) is 11.3 Å². The standard InChI is InChI=1S/C18H20N2O/c1-4-14-7-9-15(10-8-14)16-17(13(3)21)20-11-5-6-12(2)18(20)19-16/h5-11,13,21H,4H2,1-3H3. The Morgan fingerprint density at radius 2 is 1.90 bits per heavy atom. The monoisotopic (exact) mass is 280 g/mol. The second-order valence-corrected chi connectivity index (χ2v) is 5.46. The lowest BCUT2D eigenvalue weighted by Gasteiger charge is -2.08. The molecule has 1 atom stereocenters. The zero-order valence-corrected chi connectivity index (χ0v) is 12.7. The van der Waals surface area contributed by atoms with Gasteiger partial charge in [-0.05, 0) is 37.5 Å². The molecule has 1 aromatic carbocycles. The average Bonchev–Trinajstić information content (AvgIpc) is 2.88. The van der Waals surface area contributed by atoms with Gasteiger partial charge in [0.2, 0.25) is 0 Å². The van der Waals surface area contributed by atoms with Crippen LogP contribution in [0.3, 0.4) is 0 Å². The predicted octanol–water partition coefficient (Wildman–Crippen LogP) is 3.93. The maximum atomic E-state index is 10.2. The van der Waals surface area contributed by atoms with Gasteiger partial charge in [0.25, 0.3) is 0 Å². The van der Waals surface area contributed by atoms with Gasteiger partial charge in [0.1, 0.15) is 5.65 Å². The normalized spacial score (nSPS) is 12.8. The summed E-state index contributed by atoms with van der Waals surface area (Å²) in [6.45, 7) is 5.97. The first-order valence-corrected chi connectivity index (χ1v) is 7.36. The van der Waals surface area contributed by atoms with Gasteiger partial charge in [-0.2, -0.15) is 0 Å². The highest BCUT2D eigenvalue weighted by Gasteiger charge is 2.18. The molecule has 0 saturated carbocycles. The number of fused-ring (bicyclic) bond motifs is 1. The lowest BCUT2D eigenvalue weighted by Crippen LogP contribution is -1.99. The predicted molar refractivity (Wildman–Crippen MR) is 85.4 cm³/mol. The summed E-state index contributed by atoms with van der Waals surface area (Å²) in [5.74, 6) is 0. The molecule has 1 unspecified atom stereocenters. The molecule has 3 rings (SSSR count). The fourth-order valence-electron chi connectivity index (χ4n) is 2.73. The summed E-state index contributed by atoms with van der Waals surface area (Å²) in [7, 11) is 0. The summed E-state index contributed by atoms with van der Waals surface area (Å²) in [4.78, 5) is 4.76. The van der Waals surface area contributed by atoms with Gasteiger partial charge in [-0.1, -0.05) is 37.3 Å². The SMILES string of the molecule is CCc1ccc(-c2nc3c(C)cccn3c2C(C)O)cc1. The Morgan fingerprint density at radius 1 is 1.19 bits per heavy atom. The van der Waals surface area contributed by atoms with Crippen LogP contribution in [-0.2, 0) is 6.42 Å². The van der Waals surface area contributed by atoms with Crippen LogP contribution in [0.5, 0.6) is 0 Å². The van der Waals surface area contributed by atoms with Crippen LogP contribution < -0.4 is 0 Å². The molecule has 21 heavy (non-hydrogen) atoms. The fourth-order valence-corrected chi connectivity index (χ4v) is 2.73. The number of aliphatic hydroxyl groups is 1. The van der Waals surface area contributed by atoms with Crippen molar-refractivity contribution in [1.29, 1.82) is 0 Å². The van der Waals surface area contributed by atoms with Crippen molar-refractivity contribution in [2.75, 3.05) is 0 Å². The Kier molecular flexibility index (Phi) is 3.52. The molecule has 2 aromatic heterocycles. The number of nitrogens with zero attached hydrogens (tertiary/aromatic N) is 2. The van der Waals surface area contributed by atoms with E-state index in [-0.39, 0.29) is 0 Å². The zero-order chi connectivity index (χ0) is 15.0. The van der Waals surface area contributed by atoms with E-state index in [0.717, 1.165) is 34.6 Å². The minimum absolute atomic E-state index is 0.567. The summed E-state index contributed by atoms with van der Waals surface area (Å²) in [6, 6.07) is 12.4. The lowest BCUT2D eigenvalue weighted by atomic mass is 10.0. The number of aryl methyl sites for hydroxylation is 2. The first kappa shape index (κ1) is 13.8. The van der Waals surface area contributed by atoms with Gasteiger partial charge in [-0.15, -0.1) is 0 Å².